The lowest BCUT2D eigenvalue weighted by molar-refractivity contribution is 0.200. The second kappa shape index (κ2) is 8.69. The van der Waals surface area contributed by atoms with E-state index >= 15 is 0 Å². The van der Waals surface area contributed by atoms with Gasteiger partial charge >= 0.3 is 0 Å². The van der Waals surface area contributed by atoms with Gasteiger partial charge in [0.2, 0.25) is 0 Å². The second-order valence-corrected chi connectivity index (χ2v) is 8.12. The highest BCUT2D eigenvalue weighted by atomic mass is 15.2. The molecule has 1 aliphatic rings. The van der Waals surface area contributed by atoms with Crippen LogP contribution in [0.4, 0.5) is 0 Å². The average molecular weight is 390 g/mol. The van der Waals surface area contributed by atoms with Crippen LogP contribution in [-0.4, -0.2) is 11.4 Å². The number of hydrogen-bond donors (Lipinski definition) is 0. The van der Waals surface area contributed by atoms with Crippen molar-refractivity contribution < 1.29 is 0 Å². The lowest BCUT2D eigenvalue weighted by atomic mass is 9.86. The van der Waals surface area contributed by atoms with E-state index in [0.29, 0.717) is 12.0 Å². The molecule has 148 valence electrons. The molecule has 0 unspecified atom stereocenters. The van der Waals surface area contributed by atoms with Gasteiger partial charge < -0.3 is 0 Å². The van der Waals surface area contributed by atoms with E-state index < -0.39 is 0 Å². The molecular formula is C29H27N. The first-order valence-electron chi connectivity index (χ1n) is 10.9. The van der Waals surface area contributed by atoms with Crippen molar-refractivity contribution in [1.82, 2.24) is 4.90 Å². The Morgan fingerprint density at radius 3 is 1.47 bits per heavy atom. The molecule has 30 heavy (non-hydrogen) atoms. The Morgan fingerprint density at radius 2 is 0.967 bits per heavy atom. The van der Waals surface area contributed by atoms with E-state index in [0.717, 1.165) is 6.54 Å². The summed E-state index contributed by atoms with van der Waals surface area (Å²) in [6, 6.07) is 44.7. The lowest BCUT2D eigenvalue weighted by Gasteiger charge is -2.36. The predicted octanol–water partition coefficient (Wildman–Crippen LogP) is 7.01. The number of nitrogens with zero attached hydrogens (tertiary/aromatic N) is 1. The van der Waals surface area contributed by atoms with Crippen molar-refractivity contribution in [2.45, 2.75) is 24.4 Å². The van der Waals surface area contributed by atoms with Crippen molar-refractivity contribution >= 4 is 0 Å². The minimum absolute atomic E-state index is 0.242. The lowest BCUT2D eigenvalue weighted by Crippen LogP contribution is -2.30. The van der Waals surface area contributed by atoms with Crippen molar-refractivity contribution in [3.05, 3.63) is 144 Å². The summed E-state index contributed by atoms with van der Waals surface area (Å²) < 4.78 is 0. The summed E-state index contributed by atoms with van der Waals surface area (Å²) in [5.41, 5.74) is 5.56. The molecule has 1 heterocycles. The first-order chi connectivity index (χ1) is 14.9. The maximum atomic E-state index is 2.72. The van der Waals surface area contributed by atoms with Crippen LogP contribution >= 0.6 is 0 Å². The van der Waals surface area contributed by atoms with E-state index in [1.807, 2.05) is 0 Å². The molecule has 1 heteroatoms. The predicted molar refractivity (Wildman–Crippen MR) is 124 cm³/mol. The number of likely N-dealkylation sites (tertiary alicyclic amines) is 1. The fraction of sp³-hybridized carbons (Fsp3) is 0.172. The Morgan fingerprint density at radius 1 is 0.533 bits per heavy atom. The summed E-state index contributed by atoms with van der Waals surface area (Å²) in [5, 5.41) is 0. The summed E-state index contributed by atoms with van der Waals surface area (Å²) >= 11 is 0. The molecule has 0 radical (unpaired) electrons. The van der Waals surface area contributed by atoms with Crippen LogP contribution in [-0.2, 0) is 0 Å². The van der Waals surface area contributed by atoms with Crippen LogP contribution in [0.2, 0.25) is 0 Å². The number of rotatable bonds is 5. The van der Waals surface area contributed by atoms with Crippen LogP contribution in [0, 0.1) is 0 Å². The molecule has 0 N–H and O–H groups in total. The molecule has 1 nitrogen and oxygen atoms in total. The molecule has 1 saturated heterocycles. The summed E-state index contributed by atoms with van der Waals surface area (Å²) in [6.07, 6.45) is 1.17. The van der Waals surface area contributed by atoms with E-state index in [9.17, 15) is 0 Å². The Bertz CT molecular complexity index is 1010. The molecule has 1 aliphatic heterocycles. The van der Waals surface area contributed by atoms with Gasteiger partial charge in [0.1, 0.15) is 0 Å². The van der Waals surface area contributed by atoms with Crippen molar-refractivity contribution in [2.24, 2.45) is 0 Å². The largest absolute Gasteiger partial charge is 0.285 e. The summed E-state index contributed by atoms with van der Waals surface area (Å²) in [7, 11) is 0. The minimum Gasteiger partial charge on any atom is -0.285 e. The summed E-state index contributed by atoms with van der Waals surface area (Å²) in [6.45, 7) is 1.08. The molecule has 4 aromatic rings. The van der Waals surface area contributed by atoms with E-state index in [1.165, 1.54) is 28.7 Å². The molecule has 0 saturated carbocycles. The van der Waals surface area contributed by atoms with Gasteiger partial charge in [-0.05, 0) is 28.7 Å². The molecule has 5 rings (SSSR count). The van der Waals surface area contributed by atoms with Crippen LogP contribution in [0.5, 0.6) is 0 Å². The SMILES string of the molecule is c1ccc(C(c2ccccc2)N2CC[C@H](c3ccccc3)[C@@H]2c2ccccc2)cc1. The molecular weight excluding hydrogens is 362 g/mol. The van der Waals surface area contributed by atoms with Crippen LogP contribution < -0.4 is 0 Å². The third kappa shape index (κ3) is 3.69. The normalized spacial score (nSPS) is 19.2. The maximum absolute atomic E-state index is 2.72. The molecule has 1 fully saturated rings. The zero-order chi connectivity index (χ0) is 20.2. The highest BCUT2D eigenvalue weighted by Crippen LogP contribution is 2.48. The van der Waals surface area contributed by atoms with Gasteiger partial charge in [0.05, 0.1) is 6.04 Å². The van der Waals surface area contributed by atoms with Gasteiger partial charge in [-0.25, -0.2) is 0 Å². The van der Waals surface area contributed by atoms with Crippen LogP contribution in [0.15, 0.2) is 121 Å². The Hall–Kier alpha value is -3.16. The van der Waals surface area contributed by atoms with Gasteiger partial charge in [-0.15, -0.1) is 0 Å². The van der Waals surface area contributed by atoms with Crippen LogP contribution in [0.25, 0.3) is 0 Å². The van der Waals surface area contributed by atoms with Crippen molar-refractivity contribution in [1.29, 1.82) is 0 Å². The fourth-order valence-electron chi connectivity index (χ4n) is 5.08. The topological polar surface area (TPSA) is 3.24 Å². The van der Waals surface area contributed by atoms with Gasteiger partial charge in [0.25, 0.3) is 0 Å². The third-order valence-electron chi connectivity index (χ3n) is 6.37. The molecule has 0 spiro atoms. The molecule has 0 aliphatic carbocycles. The molecule has 0 aromatic heterocycles. The van der Waals surface area contributed by atoms with E-state index in [-0.39, 0.29) is 6.04 Å². The first kappa shape index (κ1) is 18.8. The second-order valence-electron chi connectivity index (χ2n) is 8.12. The monoisotopic (exact) mass is 389 g/mol. The number of hydrogen-bond acceptors (Lipinski definition) is 1. The highest BCUT2D eigenvalue weighted by Gasteiger charge is 2.40. The standard InChI is InChI=1S/C29H27N/c1-5-13-23(14-6-1)27-21-22-30(29(27)26-19-11-4-12-20-26)28(24-15-7-2-8-16-24)25-17-9-3-10-18-25/h1-20,27-29H,21-22H2/t27-,29+/m1/s1. The van der Waals surface area contributed by atoms with E-state index in [4.69, 9.17) is 0 Å². The average Bonchev–Trinajstić information content (AvgIpc) is 3.26. The van der Waals surface area contributed by atoms with Crippen LogP contribution in [0.1, 0.15) is 46.7 Å². The Labute approximate surface area is 179 Å². The van der Waals surface area contributed by atoms with Gasteiger partial charge in [0.15, 0.2) is 0 Å². The van der Waals surface area contributed by atoms with Crippen molar-refractivity contribution in [3.8, 4) is 0 Å². The van der Waals surface area contributed by atoms with Crippen molar-refractivity contribution in [2.75, 3.05) is 6.54 Å². The van der Waals surface area contributed by atoms with Gasteiger partial charge in [0, 0.05) is 18.5 Å². The van der Waals surface area contributed by atoms with Crippen LogP contribution in [0.3, 0.4) is 0 Å². The smallest absolute Gasteiger partial charge is 0.0607 e. The third-order valence-corrected chi connectivity index (χ3v) is 6.37. The highest BCUT2D eigenvalue weighted by molar-refractivity contribution is 5.36. The van der Waals surface area contributed by atoms with Crippen molar-refractivity contribution in [3.63, 3.8) is 0 Å². The minimum atomic E-state index is 0.242. The molecule has 0 bridgehead atoms. The zero-order valence-corrected chi connectivity index (χ0v) is 17.1. The summed E-state index contributed by atoms with van der Waals surface area (Å²) in [5.74, 6) is 0.489. The van der Waals surface area contributed by atoms with E-state index in [1.54, 1.807) is 0 Å². The van der Waals surface area contributed by atoms with Gasteiger partial charge in [-0.1, -0.05) is 121 Å². The molecule has 4 aromatic carbocycles. The first-order valence-corrected chi connectivity index (χ1v) is 10.9. The quantitative estimate of drug-likeness (QED) is 0.355. The fourth-order valence-corrected chi connectivity index (χ4v) is 5.08. The van der Waals surface area contributed by atoms with Gasteiger partial charge in [-0.3, -0.25) is 4.90 Å². The van der Waals surface area contributed by atoms with Gasteiger partial charge in [-0.2, -0.15) is 0 Å². The Balaban J connectivity index is 1.63. The van der Waals surface area contributed by atoms with E-state index in [2.05, 4.69) is 126 Å². The molecule has 2 atom stereocenters. The molecule has 0 amide bonds. The number of benzene rings is 4. The summed E-state index contributed by atoms with van der Waals surface area (Å²) in [4.78, 5) is 2.72. The maximum Gasteiger partial charge on any atom is 0.0607 e. The zero-order valence-electron chi connectivity index (χ0n) is 17.1. The Kier molecular flexibility index (Phi) is 5.46.